The van der Waals surface area contributed by atoms with Crippen molar-refractivity contribution in [1.29, 1.82) is 0 Å². The van der Waals surface area contributed by atoms with Gasteiger partial charge < -0.3 is 14.6 Å². The molecule has 0 saturated carbocycles. The second-order valence-electron chi connectivity index (χ2n) is 6.39. The highest BCUT2D eigenvalue weighted by atomic mass is 16.3. The number of nitrogens with one attached hydrogen (secondary N) is 1. The van der Waals surface area contributed by atoms with Gasteiger partial charge in [0, 0.05) is 25.2 Å². The molecule has 3 heterocycles. The fraction of sp³-hybridized carbons (Fsp3) is 0.526. The molecular formula is C19H26N4O2. The van der Waals surface area contributed by atoms with Crippen molar-refractivity contribution in [2.75, 3.05) is 11.9 Å². The highest BCUT2D eigenvalue weighted by Gasteiger charge is 2.28. The maximum Gasteiger partial charge on any atom is 0.259 e. The Kier molecular flexibility index (Phi) is 5.68. The summed E-state index contributed by atoms with van der Waals surface area (Å²) in [7, 11) is 0. The first-order valence-electron chi connectivity index (χ1n) is 9.16. The molecule has 0 aliphatic carbocycles. The van der Waals surface area contributed by atoms with Crippen molar-refractivity contribution in [2.45, 2.75) is 58.5 Å². The minimum atomic E-state index is 0.0242. The summed E-state index contributed by atoms with van der Waals surface area (Å²) in [6, 6.07) is 4.05. The van der Waals surface area contributed by atoms with Gasteiger partial charge in [0.2, 0.25) is 0 Å². The quantitative estimate of drug-likeness (QED) is 0.867. The van der Waals surface area contributed by atoms with E-state index >= 15 is 0 Å². The van der Waals surface area contributed by atoms with E-state index in [4.69, 9.17) is 4.42 Å². The zero-order chi connectivity index (χ0) is 17.6. The number of anilines is 1. The summed E-state index contributed by atoms with van der Waals surface area (Å²) in [4.78, 5) is 24.0. The lowest BCUT2D eigenvalue weighted by Gasteiger charge is -2.35. The first-order chi connectivity index (χ1) is 12.2. The van der Waals surface area contributed by atoms with Gasteiger partial charge in [0.25, 0.3) is 5.91 Å². The highest BCUT2D eigenvalue weighted by Crippen LogP contribution is 2.24. The number of carbonyl (C=O) groups is 1. The van der Waals surface area contributed by atoms with E-state index in [1.54, 1.807) is 12.5 Å². The van der Waals surface area contributed by atoms with Crippen LogP contribution in [0.4, 0.5) is 5.82 Å². The lowest BCUT2D eigenvalue weighted by atomic mass is 9.99. The number of nitrogens with zero attached hydrogens (tertiary/aromatic N) is 3. The van der Waals surface area contributed by atoms with Gasteiger partial charge in [-0.3, -0.25) is 4.79 Å². The fourth-order valence-electron chi connectivity index (χ4n) is 3.31. The molecule has 0 bridgehead atoms. The number of amides is 1. The van der Waals surface area contributed by atoms with Crippen LogP contribution in [0.3, 0.4) is 0 Å². The van der Waals surface area contributed by atoms with Crippen LogP contribution in [0.25, 0.3) is 0 Å². The second kappa shape index (κ2) is 8.14. The number of rotatable bonds is 6. The van der Waals surface area contributed by atoms with Crippen molar-refractivity contribution in [3.05, 3.63) is 41.7 Å². The van der Waals surface area contributed by atoms with Crippen LogP contribution in [0.2, 0.25) is 0 Å². The second-order valence-corrected chi connectivity index (χ2v) is 6.39. The molecule has 1 fully saturated rings. The molecule has 1 atom stereocenters. The van der Waals surface area contributed by atoms with Gasteiger partial charge in [0.15, 0.2) is 0 Å². The largest absolute Gasteiger partial charge is 0.467 e. The van der Waals surface area contributed by atoms with Crippen molar-refractivity contribution < 1.29 is 9.21 Å². The third-order valence-electron chi connectivity index (χ3n) is 4.75. The van der Waals surface area contributed by atoms with Gasteiger partial charge in [-0.15, -0.1) is 0 Å². The van der Waals surface area contributed by atoms with Crippen LogP contribution in [0, 0.1) is 0 Å². The number of aromatic nitrogens is 2. The molecule has 25 heavy (non-hydrogen) atoms. The summed E-state index contributed by atoms with van der Waals surface area (Å²) >= 11 is 0. The highest BCUT2D eigenvalue weighted by molar-refractivity contribution is 5.98. The summed E-state index contributed by atoms with van der Waals surface area (Å²) in [5, 5.41) is 3.25. The normalized spacial score (nSPS) is 17.5. The van der Waals surface area contributed by atoms with E-state index in [-0.39, 0.29) is 5.91 Å². The minimum Gasteiger partial charge on any atom is -0.467 e. The van der Waals surface area contributed by atoms with Crippen molar-refractivity contribution in [3.63, 3.8) is 0 Å². The maximum atomic E-state index is 13.1. The Hall–Kier alpha value is -2.37. The van der Waals surface area contributed by atoms with Crippen LogP contribution >= 0.6 is 0 Å². The van der Waals surface area contributed by atoms with Crippen LogP contribution in [-0.2, 0) is 13.0 Å². The summed E-state index contributed by atoms with van der Waals surface area (Å²) in [5.74, 6) is 2.15. The molecule has 0 aromatic carbocycles. The van der Waals surface area contributed by atoms with Crippen molar-refractivity contribution in [3.8, 4) is 0 Å². The van der Waals surface area contributed by atoms with E-state index in [0.717, 1.165) is 43.8 Å². The number of furan rings is 1. The first kappa shape index (κ1) is 17.5. The Bertz CT molecular complexity index is 699. The summed E-state index contributed by atoms with van der Waals surface area (Å²) < 4.78 is 5.36. The van der Waals surface area contributed by atoms with Gasteiger partial charge in [-0.2, -0.15) is 0 Å². The molecule has 134 valence electrons. The third-order valence-corrected chi connectivity index (χ3v) is 4.75. The lowest BCUT2D eigenvalue weighted by molar-refractivity contribution is 0.0608. The number of hydrogen-bond acceptors (Lipinski definition) is 5. The third kappa shape index (κ3) is 4.00. The van der Waals surface area contributed by atoms with Crippen LogP contribution in [-0.4, -0.2) is 33.4 Å². The molecule has 0 radical (unpaired) electrons. The average Bonchev–Trinajstić information content (AvgIpc) is 3.19. The topological polar surface area (TPSA) is 71.3 Å². The predicted molar refractivity (Wildman–Crippen MR) is 96.4 cm³/mol. The Morgan fingerprint density at radius 1 is 1.40 bits per heavy atom. The van der Waals surface area contributed by atoms with Gasteiger partial charge in [-0.05, 0) is 37.8 Å². The Morgan fingerprint density at radius 2 is 2.28 bits per heavy atom. The van der Waals surface area contributed by atoms with Crippen molar-refractivity contribution in [1.82, 2.24) is 14.9 Å². The van der Waals surface area contributed by atoms with Crippen LogP contribution in [0.15, 0.2) is 29.0 Å². The molecule has 3 rings (SSSR count). The number of piperidine rings is 1. The number of likely N-dealkylation sites (tertiary alicyclic amines) is 1. The SMILES string of the molecule is CCc1ncc(C(=O)N2CCCCC2CC)c(NCc2ccco2)n1. The molecular weight excluding hydrogens is 316 g/mol. The monoisotopic (exact) mass is 342 g/mol. The maximum absolute atomic E-state index is 13.1. The van der Waals surface area contributed by atoms with E-state index < -0.39 is 0 Å². The molecule has 1 unspecified atom stereocenters. The van der Waals surface area contributed by atoms with Crippen LogP contribution < -0.4 is 5.32 Å². The Balaban J connectivity index is 1.84. The zero-order valence-electron chi connectivity index (χ0n) is 15.0. The molecule has 1 N–H and O–H groups in total. The van der Waals surface area contributed by atoms with E-state index in [1.807, 2.05) is 24.0 Å². The molecule has 1 aliphatic heterocycles. The summed E-state index contributed by atoms with van der Waals surface area (Å²) in [5.41, 5.74) is 0.545. The Labute approximate surface area is 148 Å². The first-order valence-corrected chi connectivity index (χ1v) is 9.16. The van der Waals surface area contributed by atoms with Gasteiger partial charge in [-0.25, -0.2) is 9.97 Å². The van der Waals surface area contributed by atoms with E-state index in [0.29, 0.717) is 24.0 Å². The molecule has 1 amide bonds. The fourth-order valence-corrected chi connectivity index (χ4v) is 3.31. The van der Waals surface area contributed by atoms with Crippen LogP contribution in [0.5, 0.6) is 0 Å². The van der Waals surface area contributed by atoms with E-state index in [9.17, 15) is 4.79 Å². The molecule has 1 saturated heterocycles. The predicted octanol–water partition coefficient (Wildman–Crippen LogP) is 3.65. The summed E-state index contributed by atoms with van der Waals surface area (Å²) in [6.07, 6.45) is 8.34. The summed E-state index contributed by atoms with van der Waals surface area (Å²) in [6.45, 7) is 5.45. The van der Waals surface area contributed by atoms with Gasteiger partial charge in [0.05, 0.1) is 12.8 Å². The Morgan fingerprint density at radius 3 is 3.00 bits per heavy atom. The lowest BCUT2D eigenvalue weighted by Crippen LogP contribution is -2.43. The van der Waals surface area contributed by atoms with Gasteiger partial charge in [-0.1, -0.05) is 13.8 Å². The molecule has 6 heteroatoms. The van der Waals surface area contributed by atoms with Crippen molar-refractivity contribution in [2.24, 2.45) is 0 Å². The number of aryl methyl sites for hydroxylation is 1. The van der Waals surface area contributed by atoms with Crippen LogP contribution in [0.1, 0.15) is 61.5 Å². The number of hydrogen-bond donors (Lipinski definition) is 1. The molecule has 2 aromatic rings. The minimum absolute atomic E-state index is 0.0242. The smallest absolute Gasteiger partial charge is 0.259 e. The number of carbonyl (C=O) groups excluding carboxylic acids is 1. The van der Waals surface area contributed by atoms with Gasteiger partial charge in [0.1, 0.15) is 23.0 Å². The molecule has 0 spiro atoms. The standard InChI is InChI=1S/C19H26N4O2/c1-3-14-8-5-6-10-23(14)19(24)16-13-20-17(4-2)22-18(16)21-12-15-9-7-11-25-15/h7,9,11,13-14H,3-6,8,10,12H2,1-2H3,(H,20,21,22). The average molecular weight is 342 g/mol. The van der Waals surface area contributed by atoms with Crippen molar-refractivity contribution >= 4 is 11.7 Å². The van der Waals surface area contributed by atoms with Gasteiger partial charge >= 0.3 is 0 Å². The molecule has 1 aliphatic rings. The van der Waals surface area contributed by atoms with E-state index in [2.05, 4.69) is 22.2 Å². The molecule has 6 nitrogen and oxygen atoms in total. The zero-order valence-corrected chi connectivity index (χ0v) is 15.0. The van der Waals surface area contributed by atoms with E-state index in [1.165, 1.54) is 6.42 Å². The molecule has 2 aromatic heterocycles.